The van der Waals surface area contributed by atoms with E-state index < -0.39 is 4.92 Å². The zero-order valence-corrected chi connectivity index (χ0v) is 13.8. The maximum absolute atomic E-state index is 12.4. The maximum Gasteiger partial charge on any atom is 0.280 e. The molecule has 0 fully saturated rings. The van der Waals surface area contributed by atoms with Crippen molar-refractivity contribution < 1.29 is 18.9 Å². The van der Waals surface area contributed by atoms with Gasteiger partial charge in [-0.05, 0) is 37.3 Å². The highest BCUT2D eigenvalue weighted by atomic mass is 16.6. The van der Waals surface area contributed by atoms with Crippen LogP contribution in [-0.2, 0) is 0 Å². The summed E-state index contributed by atoms with van der Waals surface area (Å²) in [5, 5.41) is 11.2. The first-order valence-electron chi connectivity index (χ1n) is 7.91. The number of ketones is 1. The van der Waals surface area contributed by atoms with Crippen molar-refractivity contribution in [1.82, 2.24) is 0 Å². The van der Waals surface area contributed by atoms with Crippen molar-refractivity contribution in [2.75, 3.05) is 0 Å². The molecule has 3 aromatic rings. The third-order valence-electron chi connectivity index (χ3n) is 4.09. The fourth-order valence-electron chi connectivity index (χ4n) is 2.85. The summed E-state index contributed by atoms with van der Waals surface area (Å²) in [6, 6.07) is 15.0. The van der Waals surface area contributed by atoms with Crippen LogP contribution in [0.5, 0.6) is 5.75 Å². The fourth-order valence-corrected chi connectivity index (χ4v) is 2.85. The summed E-state index contributed by atoms with van der Waals surface area (Å²) in [7, 11) is 0. The molecule has 0 atom stereocenters. The molecule has 0 aliphatic carbocycles. The quantitative estimate of drug-likeness (QED) is 0.387. The van der Waals surface area contributed by atoms with Gasteiger partial charge in [0.05, 0.1) is 16.1 Å². The Hall–Kier alpha value is -3.67. The van der Waals surface area contributed by atoms with Gasteiger partial charge in [-0.3, -0.25) is 14.9 Å². The summed E-state index contributed by atoms with van der Waals surface area (Å²) in [5.74, 6) is 1.19. The summed E-state index contributed by atoms with van der Waals surface area (Å²) >= 11 is 0. The van der Waals surface area contributed by atoms with Crippen LogP contribution in [-0.4, -0.2) is 10.7 Å². The molecule has 2 aromatic carbocycles. The molecule has 0 saturated carbocycles. The number of Topliss-reactive ketones (excluding diaryl/α,β-unsaturated/α-hetero) is 1. The van der Waals surface area contributed by atoms with Crippen LogP contribution in [0.3, 0.4) is 0 Å². The minimum atomic E-state index is -0.460. The van der Waals surface area contributed by atoms with Gasteiger partial charge in [0.25, 0.3) is 5.69 Å². The number of carbonyl (C=O) groups excluding carboxylic acids is 1. The number of carbonyl (C=O) groups is 1. The Morgan fingerprint density at radius 3 is 2.65 bits per heavy atom. The van der Waals surface area contributed by atoms with Gasteiger partial charge in [0.1, 0.15) is 17.3 Å². The predicted octanol–water partition coefficient (Wildman–Crippen LogP) is 4.78. The highest BCUT2D eigenvalue weighted by Gasteiger charge is 2.27. The normalized spacial score (nSPS) is 14.3. The minimum Gasteiger partial charge on any atom is -0.456 e. The molecule has 1 aliphatic rings. The highest BCUT2D eigenvalue weighted by molar-refractivity contribution is 6.14. The number of para-hydroxylation sites is 1. The molecular weight excluding hydrogens is 334 g/mol. The number of rotatable bonds is 3. The molecule has 2 heterocycles. The van der Waals surface area contributed by atoms with Gasteiger partial charge in [-0.2, -0.15) is 0 Å². The zero-order valence-electron chi connectivity index (χ0n) is 13.8. The number of ether oxygens (including phenoxy) is 1. The number of hydrogen-bond acceptors (Lipinski definition) is 5. The molecule has 1 aliphatic heterocycles. The topological polar surface area (TPSA) is 82.6 Å². The van der Waals surface area contributed by atoms with E-state index in [2.05, 4.69) is 0 Å². The monoisotopic (exact) mass is 347 g/mol. The first kappa shape index (κ1) is 15.8. The van der Waals surface area contributed by atoms with Gasteiger partial charge in [0, 0.05) is 12.1 Å². The number of aryl methyl sites for hydroxylation is 1. The van der Waals surface area contributed by atoms with E-state index in [0.717, 1.165) is 5.56 Å². The van der Waals surface area contributed by atoms with E-state index in [-0.39, 0.29) is 17.2 Å². The van der Waals surface area contributed by atoms with E-state index in [1.807, 2.05) is 13.0 Å². The Labute approximate surface area is 148 Å². The summed E-state index contributed by atoms with van der Waals surface area (Å²) in [5.41, 5.74) is 1.82. The minimum absolute atomic E-state index is 0.0443. The Bertz CT molecular complexity index is 1080. The van der Waals surface area contributed by atoms with Crippen molar-refractivity contribution in [3.63, 3.8) is 0 Å². The molecule has 0 N–H and O–H groups in total. The number of fused-ring (bicyclic) bond motifs is 1. The summed E-state index contributed by atoms with van der Waals surface area (Å²) in [6.07, 6.45) is 1.50. The molecule has 26 heavy (non-hydrogen) atoms. The van der Waals surface area contributed by atoms with Crippen LogP contribution in [0.4, 0.5) is 5.69 Å². The molecule has 1 aromatic heterocycles. The number of nitrogens with zero attached hydrogens (tertiary/aromatic N) is 1. The molecule has 4 rings (SSSR count). The van der Waals surface area contributed by atoms with Crippen molar-refractivity contribution in [1.29, 1.82) is 0 Å². The molecular formula is C20H13NO5. The van der Waals surface area contributed by atoms with Crippen molar-refractivity contribution >= 4 is 17.5 Å². The van der Waals surface area contributed by atoms with Gasteiger partial charge in [0.15, 0.2) is 5.76 Å². The van der Waals surface area contributed by atoms with Crippen LogP contribution in [0.2, 0.25) is 0 Å². The van der Waals surface area contributed by atoms with Gasteiger partial charge in [-0.15, -0.1) is 0 Å². The Balaban J connectivity index is 1.67. The van der Waals surface area contributed by atoms with Gasteiger partial charge >= 0.3 is 0 Å². The fraction of sp³-hybridized carbons (Fsp3) is 0.0500. The standard InChI is InChI=1S/C20H13NO5/c1-12-6-8-18-15(10-12)20(22)19(26-18)11-13-7-9-17(25-13)14-4-2-3-5-16(14)21(23)24/h2-11H,1H3/b19-11-. The van der Waals surface area contributed by atoms with Crippen LogP contribution in [0.25, 0.3) is 17.4 Å². The van der Waals surface area contributed by atoms with E-state index in [4.69, 9.17) is 9.15 Å². The smallest absolute Gasteiger partial charge is 0.280 e. The van der Waals surface area contributed by atoms with Crippen molar-refractivity contribution in [3.8, 4) is 17.1 Å². The van der Waals surface area contributed by atoms with Crippen LogP contribution in [0, 0.1) is 17.0 Å². The van der Waals surface area contributed by atoms with E-state index in [9.17, 15) is 14.9 Å². The lowest BCUT2D eigenvalue weighted by atomic mass is 10.1. The first-order chi connectivity index (χ1) is 12.5. The van der Waals surface area contributed by atoms with Gasteiger partial charge < -0.3 is 9.15 Å². The summed E-state index contributed by atoms with van der Waals surface area (Å²) in [6.45, 7) is 1.90. The number of nitro benzene ring substituents is 1. The Morgan fingerprint density at radius 2 is 1.85 bits per heavy atom. The number of allylic oxidation sites excluding steroid dienone is 1. The average Bonchev–Trinajstić information content (AvgIpc) is 3.21. The summed E-state index contributed by atoms with van der Waals surface area (Å²) in [4.78, 5) is 23.2. The number of hydrogen-bond donors (Lipinski definition) is 0. The van der Waals surface area contributed by atoms with Crippen LogP contribution >= 0.6 is 0 Å². The van der Waals surface area contributed by atoms with E-state index in [0.29, 0.717) is 28.4 Å². The lowest BCUT2D eigenvalue weighted by Crippen LogP contribution is -1.97. The lowest BCUT2D eigenvalue weighted by Gasteiger charge is -1.99. The van der Waals surface area contributed by atoms with Crippen molar-refractivity contribution in [3.05, 3.63) is 87.4 Å². The van der Waals surface area contributed by atoms with Crippen molar-refractivity contribution in [2.45, 2.75) is 6.92 Å². The lowest BCUT2D eigenvalue weighted by molar-refractivity contribution is -0.384. The number of furan rings is 1. The molecule has 6 heteroatoms. The second-order valence-electron chi connectivity index (χ2n) is 5.92. The van der Waals surface area contributed by atoms with Crippen molar-refractivity contribution in [2.24, 2.45) is 0 Å². The number of benzene rings is 2. The predicted molar refractivity (Wildman–Crippen MR) is 94.9 cm³/mol. The zero-order chi connectivity index (χ0) is 18.3. The Morgan fingerprint density at radius 1 is 1.04 bits per heavy atom. The van der Waals surface area contributed by atoms with E-state index in [1.165, 1.54) is 12.1 Å². The molecule has 0 amide bonds. The van der Waals surface area contributed by atoms with Gasteiger partial charge in [-0.1, -0.05) is 23.8 Å². The average molecular weight is 347 g/mol. The maximum atomic E-state index is 12.4. The third kappa shape index (κ3) is 2.67. The molecule has 6 nitrogen and oxygen atoms in total. The van der Waals surface area contributed by atoms with E-state index >= 15 is 0 Å². The molecule has 0 spiro atoms. The van der Waals surface area contributed by atoms with Crippen LogP contribution < -0.4 is 4.74 Å². The Kier molecular flexibility index (Phi) is 3.65. The van der Waals surface area contributed by atoms with E-state index in [1.54, 1.807) is 42.5 Å². The second-order valence-corrected chi connectivity index (χ2v) is 5.92. The second kappa shape index (κ2) is 6.00. The first-order valence-corrected chi connectivity index (χ1v) is 7.91. The SMILES string of the molecule is Cc1ccc2c(c1)C(=O)/C(=C/c1ccc(-c3ccccc3[N+](=O)[O-])o1)O2. The molecule has 0 radical (unpaired) electrons. The van der Waals surface area contributed by atoms with Crippen LogP contribution in [0.15, 0.2) is 64.8 Å². The molecule has 0 bridgehead atoms. The highest BCUT2D eigenvalue weighted by Crippen LogP contribution is 2.34. The molecule has 0 unspecified atom stereocenters. The largest absolute Gasteiger partial charge is 0.456 e. The number of nitro groups is 1. The summed E-state index contributed by atoms with van der Waals surface area (Å²) < 4.78 is 11.3. The third-order valence-corrected chi connectivity index (χ3v) is 4.09. The molecule has 128 valence electrons. The van der Waals surface area contributed by atoms with Gasteiger partial charge in [-0.25, -0.2) is 0 Å². The van der Waals surface area contributed by atoms with Gasteiger partial charge in [0.2, 0.25) is 5.78 Å². The van der Waals surface area contributed by atoms with Crippen LogP contribution in [0.1, 0.15) is 21.7 Å². The molecule has 0 saturated heterocycles.